The number of carboxylic acid groups (broad SMARTS) is 1. The van der Waals surface area contributed by atoms with Gasteiger partial charge in [-0.1, -0.05) is 18.2 Å². The predicted octanol–water partition coefficient (Wildman–Crippen LogP) is 4.15. The number of anilines is 1. The fraction of sp³-hybridized carbons (Fsp3) is 0.464. The number of thiophene rings is 1. The molecule has 2 N–H and O–H groups in total. The zero-order valence-corrected chi connectivity index (χ0v) is 25.3. The summed E-state index contributed by atoms with van der Waals surface area (Å²) in [7, 11) is -3.24. The second kappa shape index (κ2) is 11.3. The molecule has 1 fully saturated rings. The number of nitrogens with zero attached hydrogens (tertiary/aromatic N) is 3. The highest BCUT2D eigenvalue weighted by Gasteiger charge is 2.54. The molecular formula is C28H33N3O9S2. The molecule has 0 spiro atoms. The summed E-state index contributed by atoms with van der Waals surface area (Å²) in [5.74, 6) is -1.74. The molecule has 1 aromatic carbocycles. The topological polar surface area (TPSA) is 160 Å². The number of aliphatic carboxylic acids is 1. The van der Waals surface area contributed by atoms with E-state index in [2.05, 4.69) is 4.98 Å². The number of carbonyl (C=O) groups excluding carboxylic acids is 1. The number of rotatable bonds is 9. The third-order valence-corrected chi connectivity index (χ3v) is 11.1. The number of hydrogen-bond donors (Lipinski definition) is 2. The summed E-state index contributed by atoms with van der Waals surface area (Å²) in [5.41, 5.74) is -1.05. The van der Waals surface area contributed by atoms with E-state index in [1.165, 1.54) is 33.4 Å². The van der Waals surface area contributed by atoms with Crippen LogP contribution in [0.15, 0.2) is 41.1 Å². The van der Waals surface area contributed by atoms with Gasteiger partial charge in [0.25, 0.3) is 5.91 Å². The second-order valence-electron chi connectivity index (χ2n) is 10.8. The Kier molecular flexibility index (Phi) is 8.09. The largest absolute Gasteiger partial charge is 0.496 e. The predicted molar refractivity (Wildman–Crippen MR) is 154 cm³/mol. The Morgan fingerprint density at radius 1 is 1.24 bits per heavy atom. The molecule has 42 heavy (non-hydrogen) atoms. The number of amides is 1. The zero-order valence-electron chi connectivity index (χ0n) is 23.6. The van der Waals surface area contributed by atoms with Crippen molar-refractivity contribution >= 4 is 38.4 Å². The average Bonchev–Trinajstić information content (AvgIpc) is 3.59. The third kappa shape index (κ3) is 5.16. The van der Waals surface area contributed by atoms with Crippen LogP contribution in [0.4, 0.5) is 5.00 Å². The van der Waals surface area contributed by atoms with Crippen molar-refractivity contribution in [1.29, 1.82) is 0 Å². The van der Waals surface area contributed by atoms with Crippen LogP contribution in [0.2, 0.25) is 0 Å². The summed E-state index contributed by atoms with van der Waals surface area (Å²) in [6.07, 6.45) is 3.52. The summed E-state index contributed by atoms with van der Waals surface area (Å²) in [6, 6.07) is 7.09. The van der Waals surface area contributed by atoms with Crippen LogP contribution in [0.3, 0.4) is 0 Å². The zero-order chi connectivity index (χ0) is 30.4. The van der Waals surface area contributed by atoms with Crippen molar-refractivity contribution in [2.24, 2.45) is 0 Å². The lowest BCUT2D eigenvalue weighted by Crippen LogP contribution is -2.62. The molecule has 0 bridgehead atoms. The van der Waals surface area contributed by atoms with Crippen LogP contribution in [0.5, 0.6) is 5.75 Å². The minimum absolute atomic E-state index is 0.0527. The van der Waals surface area contributed by atoms with Gasteiger partial charge in [0.1, 0.15) is 23.1 Å². The molecule has 1 aliphatic heterocycles. The number of aliphatic hydroxyl groups is 1. The van der Waals surface area contributed by atoms with Crippen molar-refractivity contribution < 1.29 is 42.1 Å². The number of methoxy groups -OCH3 is 1. The first kappa shape index (κ1) is 30.0. The standard InChI is InChI=1S/C28H33N3O9S2/c1-16-22-25(33)31(28(2,3)27(34)35)42(36,37)30(26(22)41-23(16)24-29-13-14-39-24)15-21(19-7-5-6-8-20(19)38-4)40-18-11-9-17(32)10-12-18/h5-8,13-14,17-18,21,32H,9-12,15H2,1-4H3,(H,34,35)/t17?,18?,21-/m0/s1. The number of ether oxygens (including phenoxy) is 2. The van der Waals surface area contributed by atoms with E-state index in [4.69, 9.17) is 13.9 Å². The van der Waals surface area contributed by atoms with Gasteiger partial charge in [-0.2, -0.15) is 8.42 Å². The van der Waals surface area contributed by atoms with E-state index >= 15 is 0 Å². The van der Waals surface area contributed by atoms with Gasteiger partial charge in [0.2, 0.25) is 5.89 Å². The molecule has 1 saturated carbocycles. The maximum Gasteiger partial charge on any atom is 0.330 e. The number of hydrogen-bond acceptors (Lipinski definition) is 10. The van der Waals surface area contributed by atoms with E-state index in [0.717, 1.165) is 15.6 Å². The lowest BCUT2D eigenvalue weighted by Gasteiger charge is -2.42. The van der Waals surface area contributed by atoms with Crippen LogP contribution in [-0.2, 0) is 19.7 Å². The lowest BCUT2D eigenvalue weighted by atomic mass is 9.94. The number of aromatic nitrogens is 1. The van der Waals surface area contributed by atoms with Gasteiger partial charge in [-0.3, -0.25) is 4.79 Å². The van der Waals surface area contributed by atoms with E-state index < -0.39 is 39.8 Å². The van der Waals surface area contributed by atoms with Crippen LogP contribution in [0.25, 0.3) is 10.8 Å². The van der Waals surface area contributed by atoms with Gasteiger partial charge in [0, 0.05) is 5.56 Å². The van der Waals surface area contributed by atoms with Crippen molar-refractivity contribution in [2.45, 2.75) is 70.3 Å². The van der Waals surface area contributed by atoms with Gasteiger partial charge >= 0.3 is 16.2 Å². The first-order valence-corrected chi connectivity index (χ1v) is 15.7. The van der Waals surface area contributed by atoms with Gasteiger partial charge in [-0.25, -0.2) is 18.4 Å². The first-order chi connectivity index (χ1) is 19.9. The third-order valence-electron chi connectivity index (χ3n) is 7.74. The molecule has 1 amide bonds. The Balaban J connectivity index is 1.67. The van der Waals surface area contributed by atoms with Crippen LogP contribution in [-0.4, -0.2) is 71.2 Å². The number of carboxylic acids is 1. The smallest absolute Gasteiger partial charge is 0.330 e. The first-order valence-electron chi connectivity index (χ1n) is 13.5. The fourth-order valence-corrected chi connectivity index (χ4v) is 8.72. The number of aliphatic hydroxyl groups excluding tert-OH is 1. The molecule has 0 unspecified atom stereocenters. The fourth-order valence-electron chi connectivity index (χ4n) is 5.39. The Morgan fingerprint density at radius 2 is 1.93 bits per heavy atom. The lowest BCUT2D eigenvalue weighted by molar-refractivity contribution is -0.145. The van der Waals surface area contributed by atoms with Crippen molar-refractivity contribution in [2.75, 3.05) is 18.0 Å². The number of fused-ring (bicyclic) bond motifs is 1. The van der Waals surface area contributed by atoms with Gasteiger partial charge in [0.05, 0.1) is 42.5 Å². The minimum Gasteiger partial charge on any atom is -0.496 e. The Bertz CT molecular complexity index is 1580. The molecule has 3 heterocycles. The molecule has 1 aliphatic carbocycles. The Labute approximate surface area is 247 Å². The number of oxazole rings is 1. The molecule has 2 aromatic heterocycles. The summed E-state index contributed by atoms with van der Waals surface area (Å²) in [4.78, 5) is 30.8. The van der Waals surface area contributed by atoms with Crippen molar-refractivity contribution in [3.05, 3.63) is 53.4 Å². The van der Waals surface area contributed by atoms with Gasteiger partial charge in [-0.15, -0.1) is 11.3 Å². The highest BCUT2D eigenvalue weighted by molar-refractivity contribution is 7.91. The normalized spacial score (nSPS) is 21.2. The van der Waals surface area contributed by atoms with E-state index in [9.17, 15) is 28.2 Å². The van der Waals surface area contributed by atoms with Crippen LogP contribution in [0, 0.1) is 6.92 Å². The Morgan fingerprint density at radius 3 is 2.55 bits per heavy atom. The maximum absolute atomic E-state index is 14.3. The van der Waals surface area contributed by atoms with Crippen LogP contribution >= 0.6 is 11.3 Å². The van der Waals surface area contributed by atoms with E-state index in [0.29, 0.717) is 51.7 Å². The van der Waals surface area contributed by atoms with E-state index in [1.54, 1.807) is 31.2 Å². The molecule has 0 radical (unpaired) electrons. The second-order valence-corrected chi connectivity index (χ2v) is 13.5. The molecule has 1 atom stereocenters. The summed E-state index contributed by atoms with van der Waals surface area (Å²) in [6.45, 7) is 3.72. The van der Waals surface area contributed by atoms with Gasteiger partial charge in [-0.05, 0) is 58.1 Å². The summed E-state index contributed by atoms with van der Waals surface area (Å²) in [5, 5.41) is 20.1. The quantitative estimate of drug-likeness (QED) is 0.356. The van der Waals surface area contributed by atoms with Crippen molar-refractivity contribution in [1.82, 2.24) is 9.29 Å². The highest BCUT2D eigenvalue weighted by atomic mass is 32.2. The van der Waals surface area contributed by atoms with Gasteiger partial charge in [0.15, 0.2) is 5.54 Å². The van der Waals surface area contributed by atoms with E-state index in [-0.39, 0.29) is 29.1 Å². The Hall–Kier alpha value is -3.46. The molecule has 0 saturated heterocycles. The van der Waals surface area contributed by atoms with Crippen LogP contribution < -0.4 is 9.04 Å². The van der Waals surface area contributed by atoms with E-state index in [1.807, 2.05) is 0 Å². The van der Waals surface area contributed by atoms with Crippen LogP contribution in [0.1, 0.15) is 67.1 Å². The van der Waals surface area contributed by atoms with Gasteiger partial charge < -0.3 is 24.1 Å². The SMILES string of the molecule is COc1ccccc1[C@H](CN1c2sc(-c3ncco3)c(C)c2C(=O)N(C(C)(C)C(=O)O)S1(=O)=O)OC1CCC(O)CC1. The molecule has 2 aliphatic rings. The van der Waals surface area contributed by atoms with Crippen molar-refractivity contribution in [3.8, 4) is 16.5 Å². The number of carbonyl (C=O) groups is 2. The average molecular weight is 620 g/mol. The van der Waals surface area contributed by atoms with Crippen molar-refractivity contribution in [3.63, 3.8) is 0 Å². The molecular weight excluding hydrogens is 586 g/mol. The monoisotopic (exact) mass is 619 g/mol. The highest BCUT2D eigenvalue weighted by Crippen LogP contribution is 2.48. The summed E-state index contributed by atoms with van der Waals surface area (Å²) < 4.78 is 47.7. The molecule has 5 rings (SSSR count). The number of benzene rings is 1. The molecule has 14 heteroatoms. The number of para-hydroxylation sites is 1. The summed E-state index contributed by atoms with van der Waals surface area (Å²) >= 11 is 1.02. The molecule has 3 aromatic rings. The molecule has 12 nitrogen and oxygen atoms in total. The molecule has 226 valence electrons. The minimum atomic E-state index is -4.74. The maximum atomic E-state index is 14.3.